The Kier molecular flexibility index (Phi) is 4.67. The normalized spacial score (nSPS) is 16.9. The van der Waals surface area contributed by atoms with Gasteiger partial charge in [-0.2, -0.15) is 4.31 Å². The number of nitrogens with zero attached hydrogens (tertiary/aromatic N) is 1. The van der Waals surface area contributed by atoms with Gasteiger partial charge in [0.05, 0.1) is 17.7 Å². The summed E-state index contributed by atoms with van der Waals surface area (Å²) in [5.74, 6) is -0.547. The molecule has 1 aliphatic heterocycles. The van der Waals surface area contributed by atoms with Crippen molar-refractivity contribution in [2.75, 3.05) is 20.2 Å². The first-order valence-corrected chi connectivity index (χ1v) is 8.16. The number of hydrogen-bond donors (Lipinski definition) is 0. The van der Waals surface area contributed by atoms with Gasteiger partial charge in [-0.25, -0.2) is 13.2 Å². The Labute approximate surface area is 123 Å². The molecule has 1 aromatic rings. The van der Waals surface area contributed by atoms with Crippen LogP contribution in [0.4, 0.5) is 0 Å². The van der Waals surface area contributed by atoms with Gasteiger partial charge in [0, 0.05) is 13.1 Å². The van der Waals surface area contributed by atoms with E-state index >= 15 is 0 Å². The highest BCUT2D eigenvalue weighted by Gasteiger charge is 2.28. The third kappa shape index (κ3) is 2.97. The van der Waals surface area contributed by atoms with E-state index in [0.717, 1.165) is 19.3 Å². The van der Waals surface area contributed by atoms with E-state index in [4.69, 9.17) is 11.6 Å². The highest BCUT2D eigenvalue weighted by Crippen LogP contribution is 2.27. The number of methoxy groups -OCH3 is 1. The van der Waals surface area contributed by atoms with Crippen LogP contribution in [-0.2, 0) is 14.8 Å². The van der Waals surface area contributed by atoms with Gasteiger partial charge in [0.15, 0.2) is 0 Å². The summed E-state index contributed by atoms with van der Waals surface area (Å²) in [6, 6.07) is 4.09. The number of carbonyl (C=O) groups is 1. The first-order chi connectivity index (χ1) is 9.46. The van der Waals surface area contributed by atoms with Crippen molar-refractivity contribution in [3.63, 3.8) is 0 Å². The Morgan fingerprint density at radius 2 is 1.90 bits per heavy atom. The van der Waals surface area contributed by atoms with Gasteiger partial charge in [-0.05, 0) is 31.0 Å². The summed E-state index contributed by atoms with van der Waals surface area (Å²) in [7, 11) is -2.33. The minimum Gasteiger partial charge on any atom is -0.465 e. The molecule has 1 aromatic carbocycles. The Morgan fingerprint density at radius 1 is 1.25 bits per heavy atom. The Morgan fingerprint density at radius 3 is 2.45 bits per heavy atom. The average molecular weight is 318 g/mol. The maximum absolute atomic E-state index is 12.5. The highest BCUT2D eigenvalue weighted by atomic mass is 35.5. The van der Waals surface area contributed by atoms with Gasteiger partial charge in [0.1, 0.15) is 4.90 Å². The van der Waals surface area contributed by atoms with E-state index < -0.39 is 16.0 Å². The summed E-state index contributed by atoms with van der Waals surface area (Å²) >= 11 is 6.02. The first kappa shape index (κ1) is 15.3. The summed E-state index contributed by atoms with van der Waals surface area (Å²) in [5.41, 5.74) is 0.232. The van der Waals surface area contributed by atoms with E-state index in [9.17, 15) is 13.2 Å². The largest absolute Gasteiger partial charge is 0.465 e. The van der Waals surface area contributed by atoms with Crippen LogP contribution in [0.5, 0.6) is 0 Å². The molecule has 0 saturated carbocycles. The monoisotopic (exact) mass is 317 g/mol. The van der Waals surface area contributed by atoms with Crippen molar-refractivity contribution >= 4 is 27.6 Å². The summed E-state index contributed by atoms with van der Waals surface area (Å²) in [4.78, 5) is 11.4. The fraction of sp³-hybridized carbons (Fsp3) is 0.462. The maximum atomic E-state index is 12.5. The van der Waals surface area contributed by atoms with E-state index in [1.807, 2.05) is 0 Å². The number of esters is 1. The third-order valence-corrected chi connectivity index (χ3v) is 5.67. The average Bonchev–Trinajstić information content (AvgIpc) is 2.47. The first-order valence-electron chi connectivity index (χ1n) is 6.35. The number of sulfonamides is 1. The van der Waals surface area contributed by atoms with Crippen LogP contribution in [-0.4, -0.2) is 38.9 Å². The van der Waals surface area contributed by atoms with E-state index in [1.165, 1.54) is 29.6 Å². The molecule has 0 spiro atoms. The number of hydrogen-bond acceptors (Lipinski definition) is 4. The van der Waals surface area contributed by atoms with Gasteiger partial charge in [0.25, 0.3) is 0 Å². The van der Waals surface area contributed by atoms with Crippen LogP contribution >= 0.6 is 11.6 Å². The van der Waals surface area contributed by atoms with E-state index in [0.29, 0.717) is 13.1 Å². The maximum Gasteiger partial charge on any atom is 0.337 e. The van der Waals surface area contributed by atoms with Crippen LogP contribution < -0.4 is 0 Å². The predicted molar refractivity (Wildman–Crippen MR) is 75.4 cm³/mol. The summed E-state index contributed by atoms with van der Waals surface area (Å²) in [6.07, 6.45) is 2.76. The van der Waals surface area contributed by atoms with E-state index in [2.05, 4.69) is 4.74 Å². The molecule has 1 fully saturated rings. The van der Waals surface area contributed by atoms with Gasteiger partial charge in [0.2, 0.25) is 10.0 Å². The fourth-order valence-electron chi connectivity index (χ4n) is 2.20. The zero-order valence-corrected chi connectivity index (χ0v) is 12.7. The van der Waals surface area contributed by atoms with Crippen LogP contribution in [0.3, 0.4) is 0 Å². The molecule has 0 unspecified atom stereocenters. The Hall–Kier alpha value is -1.11. The summed E-state index contributed by atoms with van der Waals surface area (Å²) < 4.78 is 31.0. The number of carbonyl (C=O) groups excluding carboxylic acids is 1. The number of piperidine rings is 1. The lowest BCUT2D eigenvalue weighted by atomic mass is 10.2. The molecule has 7 heteroatoms. The molecule has 0 N–H and O–H groups in total. The molecule has 1 aliphatic rings. The third-order valence-electron chi connectivity index (χ3n) is 3.29. The zero-order valence-electron chi connectivity index (χ0n) is 11.1. The van der Waals surface area contributed by atoms with Crippen molar-refractivity contribution in [1.29, 1.82) is 0 Å². The second-order valence-electron chi connectivity index (χ2n) is 4.60. The minimum absolute atomic E-state index is 0.0359. The molecule has 0 amide bonds. The lowest BCUT2D eigenvalue weighted by Crippen LogP contribution is -2.35. The van der Waals surface area contributed by atoms with Crippen molar-refractivity contribution in [2.24, 2.45) is 0 Å². The number of ether oxygens (including phenoxy) is 1. The molecular weight excluding hydrogens is 302 g/mol. The van der Waals surface area contributed by atoms with Crippen LogP contribution in [0.1, 0.15) is 29.6 Å². The molecule has 0 aromatic heterocycles. The second-order valence-corrected chi connectivity index (χ2v) is 6.92. The van der Waals surface area contributed by atoms with Crippen molar-refractivity contribution in [2.45, 2.75) is 24.2 Å². The molecule has 2 rings (SSSR count). The van der Waals surface area contributed by atoms with E-state index in [-0.39, 0.29) is 15.5 Å². The van der Waals surface area contributed by atoms with Crippen LogP contribution in [0.25, 0.3) is 0 Å². The lowest BCUT2D eigenvalue weighted by molar-refractivity contribution is 0.0600. The Balaban J connectivity index is 2.34. The zero-order chi connectivity index (χ0) is 14.8. The van der Waals surface area contributed by atoms with Crippen molar-refractivity contribution in [1.82, 2.24) is 4.31 Å². The predicted octanol–water partition coefficient (Wildman–Crippen LogP) is 2.30. The van der Waals surface area contributed by atoms with Gasteiger partial charge < -0.3 is 4.74 Å². The highest BCUT2D eigenvalue weighted by molar-refractivity contribution is 7.89. The smallest absolute Gasteiger partial charge is 0.337 e. The van der Waals surface area contributed by atoms with Crippen LogP contribution in [0.15, 0.2) is 23.1 Å². The topological polar surface area (TPSA) is 63.7 Å². The van der Waals surface area contributed by atoms with Gasteiger partial charge in [-0.1, -0.05) is 18.0 Å². The number of rotatable bonds is 3. The van der Waals surface area contributed by atoms with Gasteiger partial charge in [-0.3, -0.25) is 0 Å². The number of benzene rings is 1. The van der Waals surface area contributed by atoms with Gasteiger partial charge in [-0.15, -0.1) is 0 Å². The quantitative estimate of drug-likeness (QED) is 0.802. The van der Waals surface area contributed by atoms with E-state index in [1.54, 1.807) is 0 Å². The summed E-state index contributed by atoms with van der Waals surface area (Å²) in [5, 5.41) is 0.0403. The molecule has 20 heavy (non-hydrogen) atoms. The fourth-order valence-corrected chi connectivity index (χ4v) is 4.23. The lowest BCUT2D eigenvalue weighted by Gasteiger charge is -2.26. The Bertz CT molecular complexity index is 609. The second kappa shape index (κ2) is 6.11. The molecule has 0 bridgehead atoms. The summed E-state index contributed by atoms with van der Waals surface area (Å²) in [6.45, 7) is 1.02. The molecular formula is C13H16ClNO4S. The van der Waals surface area contributed by atoms with Gasteiger partial charge >= 0.3 is 5.97 Å². The standard InChI is InChI=1S/C13H16ClNO4S/c1-19-13(16)10-5-6-12(11(14)9-10)20(17,18)15-7-3-2-4-8-15/h5-6,9H,2-4,7-8H2,1H3. The molecule has 1 heterocycles. The molecule has 1 saturated heterocycles. The van der Waals surface area contributed by atoms with Crippen molar-refractivity contribution in [3.8, 4) is 0 Å². The molecule has 5 nitrogen and oxygen atoms in total. The molecule has 0 aliphatic carbocycles. The van der Waals surface area contributed by atoms with Crippen LogP contribution in [0, 0.1) is 0 Å². The molecule has 110 valence electrons. The number of halogens is 1. The molecule has 0 atom stereocenters. The van der Waals surface area contributed by atoms with Crippen molar-refractivity contribution < 1.29 is 17.9 Å². The van der Waals surface area contributed by atoms with Crippen LogP contribution in [0.2, 0.25) is 5.02 Å². The van der Waals surface area contributed by atoms with Crippen molar-refractivity contribution in [3.05, 3.63) is 28.8 Å². The SMILES string of the molecule is COC(=O)c1ccc(S(=O)(=O)N2CCCCC2)c(Cl)c1. The molecule has 0 radical (unpaired) electrons. The minimum atomic E-state index is -3.59.